The lowest BCUT2D eigenvalue weighted by molar-refractivity contribution is 0.213. The van der Waals surface area contributed by atoms with Crippen LogP contribution in [0.5, 0.6) is 0 Å². The SMILES string of the molecule is CCCCCCCC(CCCCC)N(C)CCNS(=O)(=O)C1CC1. The van der Waals surface area contributed by atoms with Crippen molar-refractivity contribution in [3.8, 4) is 0 Å². The Kier molecular flexibility index (Phi) is 11.2. The highest BCUT2D eigenvalue weighted by atomic mass is 32.2. The van der Waals surface area contributed by atoms with Crippen LogP contribution in [-0.2, 0) is 10.0 Å². The van der Waals surface area contributed by atoms with Crippen LogP contribution in [0.3, 0.4) is 0 Å². The molecule has 0 aromatic rings. The second-order valence-electron chi connectivity index (χ2n) is 7.47. The molecule has 1 unspecified atom stereocenters. The molecule has 4 nitrogen and oxygen atoms in total. The molecule has 144 valence electrons. The Balaban J connectivity index is 2.29. The maximum Gasteiger partial charge on any atom is 0.214 e. The third-order valence-corrected chi connectivity index (χ3v) is 7.09. The Labute approximate surface area is 150 Å². The number of likely N-dealkylation sites (N-methyl/N-ethyl adjacent to an activating group) is 1. The van der Waals surface area contributed by atoms with Gasteiger partial charge in [0, 0.05) is 19.1 Å². The maximum atomic E-state index is 11.9. The summed E-state index contributed by atoms with van der Waals surface area (Å²) in [5.41, 5.74) is 0. The quantitative estimate of drug-likeness (QED) is 0.417. The van der Waals surface area contributed by atoms with E-state index in [1.54, 1.807) is 0 Å². The van der Waals surface area contributed by atoms with Gasteiger partial charge < -0.3 is 4.90 Å². The van der Waals surface area contributed by atoms with Crippen molar-refractivity contribution in [1.82, 2.24) is 9.62 Å². The Morgan fingerprint density at radius 2 is 1.50 bits per heavy atom. The van der Waals surface area contributed by atoms with Crippen molar-refractivity contribution in [3.05, 3.63) is 0 Å². The van der Waals surface area contributed by atoms with E-state index in [1.165, 1.54) is 64.2 Å². The Bertz CT molecular complexity index is 408. The van der Waals surface area contributed by atoms with Crippen LogP contribution in [0.2, 0.25) is 0 Å². The molecular weight excluding hydrogens is 320 g/mol. The summed E-state index contributed by atoms with van der Waals surface area (Å²) < 4.78 is 26.6. The largest absolute Gasteiger partial charge is 0.302 e. The lowest BCUT2D eigenvalue weighted by Crippen LogP contribution is -2.39. The number of nitrogens with one attached hydrogen (secondary N) is 1. The molecule has 1 N–H and O–H groups in total. The first-order valence-corrected chi connectivity index (χ1v) is 11.7. The van der Waals surface area contributed by atoms with Crippen LogP contribution < -0.4 is 4.72 Å². The van der Waals surface area contributed by atoms with Crippen molar-refractivity contribution < 1.29 is 8.42 Å². The third-order valence-electron chi connectivity index (χ3n) is 5.14. The summed E-state index contributed by atoms with van der Waals surface area (Å²) in [6.45, 7) is 5.87. The average Bonchev–Trinajstić information content (AvgIpc) is 3.38. The van der Waals surface area contributed by atoms with Gasteiger partial charge in [-0.15, -0.1) is 0 Å². The lowest BCUT2D eigenvalue weighted by Gasteiger charge is -2.28. The summed E-state index contributed by atoms with van der Waals surface area (Å²) in [6, 6.07) is 0.601. The third kappa shape index (κ3) is 9.38. The first-order valence-electron chi connectivity index (χ1n) is 10.2. The fourth-order valence-electron chi connectivity index (χ4n) is 3.24. The van der Waals surface area contributed by atoms with Gasteiger partial charge in [0.1, 0.15) is 0 Å². The van der Waals surface area contributed by atoms with Crippen molar-refractivity contribution in [3.63, 3.8) is 0 Å². The molecule has 1 fully saturated rings. The molecule has 5 heteroatoms. The molecule has 1 atom stereocenters. The molecule has 1 aliphatic carbocycles. The molecule has 1 saturated carbocycles. The van der Waals surface area contributed by atoms with Crippen molar-refractivity contribution in [2.24, 2.45) is 0 Å². The zero-order valence-electron chi connectivity index (χ0n) is 16.2. The summed E-state index contributed by atoms with van der Waals surface area (Å²) in [5.74, 6) is 0. The van der Waals surface area contributed by atoms with E-state index in [9.17, 15) is 8.42 Å². The highest BCUT2D eigenvalue weighted by molar-refractivity contribution is 7.90. The first kappa shape index (κ1) is 21.9. The predicted molar refractivity (Wildman–Crippen MR) is 104 cm³/mol. The second-order valence-corrected chi connectivity index (χ2v) is 9.52. The summed E-state index contributed by atoms with van der Waals surface area (Å²) in [6.07, 6.45) is 14.6. The lowest BCUT2D eigenvalue weighted by atomic mass is 10.00. The highest BCUT2D eigenvalue weighted by Gasteiger charge is 2.35. The monoisotopic (exact) mass is 360 g/mol. The first-order chi connectivity index (χ1) is 11.5. The number of hydrogen-bond acceptors (Lipinski definition) is 3. The van der Waals surface area contributed by atoms with E-state index in [0.29, 0.717) is 12.6 Å². The topological polar surface area (TPSA) is 49.4 Å². The number of unbranched alkanes of at least 4 members (excludes halogenated alkanes) is 6. The number of hydrogen-bond donors (Lipinski definition) is 1. The molecule has 0 aromatic carbocycles. The molecule has 0 aromatic heterocycles. The van der Waals surface area contributed by atoms with Gasteiger partial charge in [-0.05, 0) is 32.7 Å². The number of nitrogens with zero attached hydrogens (tertiary/aromatic N) is 1. The van der Waals surface area contributed by atoms with E-state index >= 15 is 0 Å². The maximum absolute atomic E-state index is 11.9. The summed E-state index contributed by atoms with van der Waals surface area (Å²) in [5, 5.41) is -0.110. The molecule has 24 heavy (non-hydrogen) atoms. The zero-order chi connectivity index (χ0) is 17.8. The van der Waals surface area contributed by atoms with Crippen molar-refractivity contribution >= 4 is 10.0 Å². The predicted octanol–water partition coefficient (Wildman–Crippen LogP) is 4.31. The van der Waals surface area contributed by atoms with E-state index in [4.69, 9.17) is 0 Å². The minimum atomic E-state index is -3.03. The fourth-order valence-corrected chi connectivity index (χ4v) is 4.61. The number of rotatable bonds is 16. The van der Waals surface area contributed by atoms with Crippen LogP contribution in [0.1, 0.15) is 90.9 Å². The molecule has 0 aliphatic heterocycles. The molecule has 0 radical (unpaired) electrons. The van der Waals surface area contributed by atoms with Gasteiger partial charge in [0.25, 0.3) is 0 Å². The van der Waals surface area contributed by atoms with Crippen LogP contribution in [0, 0.1) is 0 Å². The summed E-state index contributed by atoms with van der Waals surface area (Å²) in [4.78, 5) is 2.38. The van der Waals surface area contributed by atoms with E-state index in [-0.39, 0.29) is 5.25 Å². The van der Waals surface area contributed by atoms with Crippen molar-refractivity contribution in [2.75, 3.05) is 20.1 Å². The van der Waals surface area contributed by atoms with Gasteiger partial charge in [-0.2, -0.15) is 0 Å². The van der Waals surface area contributed by atoms with E-state index in [2.05, 4.69) is 30.5 Å². The smallest absolute Gasteiger partial charge is 0.214 e. The van der Waals surface area contributed by atoms with E-state index in [1.807, 2.05) is 0 Å². The van der Waals surface area contributed by atoms with Crippen LogP contribution >= 0.6 is 0 Å². The molecule has 1 aliphatic rings. The van der Waals surface area contributed by atoms with Gasteiger partial charge in [-0.25, -0.2) is 13.1 Å². The van der Waals surface area contributed by atoms with Gasteiger partial charge in [0.05, 0.1) is 5.25 Å². The van der Waals surface area contributed by atoms with Gasteiger partial charge in [0.15, 0.2) is 0 Å². The molecule has 1 rings (SSSR count). The molecular formula is C19H40N2O2S. The standard InChI is InChI=1S/C19H40N2O2S/c1-4-6-8-9-11-13-18(12-10-7-5-2)21(3)17-16-20-24(22,23)19-14-15-19/h18-20H,4-17H2,1-3H3. The minimum Gasteiger partial charge on any atom is -0.302 e. The normalized spacial score (nSPS) is 16.7. The highest BCUT2D eigenvalue weighted by Crippen LogP contribution is 2.27. The van der Waals surface area contributed by atoms with E-state index < -0.39 is 10.0 Å². The molecule has 0 bridgehead atoms. The van der Waals surface area contributed by atoms with Gasteiger partial charge in [-0.3, -0.25) is 0 Å². The summed E-state index contributed by atoms with van der Waals surface area (Å²) in [7, 11) is -0.872. The Hall–Kier alpha value is -0.130. The van der Waals surface area contributed by atoms with Gasteiger partial charge >= 0.3 is 0 Å². The van der Waals surface area contributed by atoms with Crippen LogP contribution in [0.4, 0.5) is 0 Å². The fraction of sp³-hybridized carbons (Fsp3) is 1.00. The summed E-state index contributed by atoms with van der Waals surface area (Å²) >= 11 is 0. The van der Waals surface area contributed by atoms with Crippen molar-refractivity contribution in [1.29, 1.82) is 0 Å². The van der Waals surface area contributed by atoms with Crippen LogP contribution in [0.15, 0.2) is 0 Å². The molecule has 0 spiro atoms. The average molecular weight is 361 g/mol. The van der Waals surface area contributed by atoms with Gasteiger partial charge in [0.2, 0.25) is 10.0 Å². The van der Waals surface area contributed by atoms with Crippen LogP contribution in [0.25, 0.3) is 0 Å². The van der Waals surface area contributed by atoms with Crippen molar-refractivity contribution in [2.45, 2.75) is 102 Å². The van der Waals surface area contributed by atoms with E-state index in [0.717, 1.165) is 19.4 Å². The second kappa shape index (κ2) is 12.3. The Morgan fingerprint density at radius 1 is 0.958 bits per heavy atom. The minimum absolute atomic E-state index is 0.110. The molecule has 0 saturated heterocycles. The molecule has 0 heterocycles. The van der Waals surface area contributed by atoms with Gasteiger partial charge in [-0.1, -0.05) is 65.2 Å². The number of sulfonamides is 1. The molecule has 0 amide bonds. The Morgan fingerprint density at radius 3 is 2.08 bits per heavy atom. The van der Waals surface area contributed by atoms with Crippen LogP contribution in [-0.4, -0.2) is 44.7 Å². The zero-order valence-corrected chi connectivity index (χ0v) is 17.0.